The van der Waals surface area contributed by atoms with Crippen LogP contribution in [0.3, 0.4) is 0 Å². The van der Waals surface area contributed by atoms with Gasteiger partial charge in [-0.15, -0.1) is 0 Å². The maximum Gasteiger partial charge on any atom is 1.00 e. The molecule has 0 aromatic carbocycles. The normalized spacial score (nSPS) is 9.73. The minimum atomic E-state index is -1.23. The summed E-state index contributed by atoms with van der Waals surface area (Å²) in [5.74, 6) is -4.91. The first-order valence-electron chi connectivity index (χ1n) is 5.52. The van der Waals surface area contributed by atoms with Gasteiger partial charge in [-0.2, -0.15) is 0 Å². The van der Waals surface area contributed by atoms with E-state index in [4.69, 9.17) is 20.4 Å². The Balaban J connectivity index is -0.00000180. The van der Waals surface area contributed by atoms with Crippen molar-refractivity contribution in [2.75, 3.05) is 39.3 Å². The molecular weight excluding hydrogens is 395 g/mol. The van der Waals surface area contributed by atoms with Crippen LogP contribution in [-0.4, -0.2) is 93.4 Å². The van der Waals surface area contributed by atoms with Gasteiger partial charge in [-0.25, -0.2) is 0 Å². The zero-order valence-corrected chi connectivity index (χ0v) is 16.6. The van der Waals surface area contributed by atoms with Gasteiger partial charge in [0.15, 0.2) is 0 Å². The van der Waals surface area contributed by atoms with E-state index >= 15 is 0 Å². The fourth-order valence-electron chi connectivity index (χ4n) is 1.48. The SMILES string of the molecule is O=C(O)CN(CCN(CC(=O)O)CC(=O)O)CC(=O)O.[Br-].[K+]. The van der Waals surface area contributed by atoms with Crippen molar-refractivity contribution in [3.05, 3.63) is 0 Å². The molecule has 122 valence electrons. The summed E-state index contributed by atoms with van der Waals surface area (Å²) in [7, 11) is 0. The van der Waals surface area contributed by atoms with E-state index in [-0.39, 0.29) is 81.5 Å². The second-order valence-electron chi connectivity index (χ2n) is 4.00. The third-order valence-electron chi connectivity index (χ3n) is 2.17. The summed E-state index contributed by atoms with van der Waals surface area (Å²) in [4.78, 5) is 44.4. The zero-order chi connectivity index (χ0) is 15.7. The molecule has 10 nitrogen and oxygen atoms in total. The van der Waals surface area contributed by atoms with Gasteiger partial charge in [0.05, 0.1) is 26.2 Å². The van der Waals surface area contributed by atoms with Crippen LogP contribution >= 0.6 is 0 Å². The number of halogens is 1. The van der Waals surface area contributed by atoms with Gasteiger partial charge in [-0.3, -0.25) is 29.0 Å². The van der Waals surface area contributed by atoms with Crippen LogP contribution < -0.4 is 68.4 Å². The Morgan fingerprint density at radius 1 is 0.591 bits per heavy atom. The molecule has 0 unspecified atom stereocenters. The predicted octanol–water partition coefficient (Wildman–Crippen LogP) is -8.06. The van der Waals surface area contributed by atoms with Crippen molar-refractivity contribution in [2.45, 2.75) is 0 Å². The minimum absolute atomic E-state index is 0. The van der Waals surface area contributed by atoms with Crippen molar-refractivity contribution in [1.29, 1.82) is 0 Å². The molecule has 0 amide bonds. The molecule has 0 atom stereocenters. The van der Waals surface area contributed by atoms with E-state index in [1.807, 2.05) is 0 Å². The average molecular weight is 411 g/mol. The number of carboxylic acid groups (broad SMARTS) is 4. The first kappa shape index (κ1) is 26.8. The van der Waals surface area contributed by atoms with E-state index in [1.165, 1.54) is 0 Å². The van der Waals surface area contributed by atoms with Gasteiger partial charge in [0.25, 0.3) is 0 Å². The summed E-state index contributed by atoms with van der Waals surface area (Å²) in [5, 5.41) is 34.5. The number of aliphatic carboxylic acids is 4. The van der Waals surface area contributed by atoms with Gasteiger partial charge in [0.2, 0.25) is 0 Å². The molecule has 0 radical (unpaired) electrons. The summed E-state index contributed by atoms with van der Waals surface area (Å²) in [5.41, 5.74) is 0. The molecular formula is C10H16BrKN2O8. The Morgan fingerprint density at radius 2 is 0.773 bits per heavy atom. The molecule has 12 heteroatoms. The first-order chi connectivity index (χ1) is 9.20. The maximum absolute atomic E-state index is 10.6. The van der Waals surface area contributed by atoms with Gasteiger partial charge < -0.3 is 37.4 Å². The molecule has 0 saturated heterocycles. The monoisotopic (exact) mass is 410 g/mol. The molecule has 0 aromatic rings. The molecule has 0 heterocycles. The summed E-state index contributed by atoms with van der Waals surface area (Å²) < 4.78 is 0. The smallest absolute Gasteiger partial charge is 1.00 e. The molecule has 0 bridgehead atoms. The Labute approximate surface area is 179 Å². The van der Waals surface area contributed by atoms with E-state index in [0.717, 1.165) is 9.80 Å². The standard InChI is InChI=1S/C10H16N2O8.BrH.K/c13-7(14)3-11(4-8(15)16)1-2-12(5-9(17)18)6-10(19)20;;/h1-6H2,(H,13,14)(H,15,16)(H,17,18)(H,19,20);1H;/q;;+1/p-1. The molecule has 0 aliphatic carbocycles. The number of carbonyl (C=O) groups is 4. The van der Waals surface area contributed by atoms with Crippen LogP contribution in [0.5, 0.6) is 0 Å². The summed E-state index contributed by atoms with van der Waals surface area (Å²) >= 11 is 0. The number of hydrogen-bond donors (Lipinski definition) is 4. The Morgan fingerprint density at radius 3 is 0.909 bits per heavy atom. The summed E-state index contributed by atoms with van der Waals surface area (Å²) in [6.07, 6.45) is 0. The Kier molecular flexibility index (Phi) is 17.7. The molecule has 0 fully saturated rings. The van der Waals surface area contributed by atoms with Crippen LogP contribution in [0.15, 0.2) is 0 Å². The van der Waals surface area contributed by atoms with Crippen molar-refractivity contribution in [3.8, 4) is 0 Å². The van der Waals surface area contributed by atoms with Gasteiger partial charge in [0.1, 0.15) is 0 Å². The topological polar surface area (TPSA) is 156 Å². The molecule has 22 heavy (non-hydrogen) atoms. The van der Waals surface area contributed by atoms with E-state index < -0.39 is 50.1 Å². The van der Waals surface area contributed by atoms with Crippen molar-refractivity contribution in [1.82, 2.24) is 9.80 Å². The van der Waals surface area contributed by atoms with E-state index in [9.17, 15) is 19.2 Å². The quantitative estimate of drug-likeness (QED) is 0.241. The average Bonchev–Trinajstić information content (AvgIpc) is 2.22. The fraction of sp³-hybridized carbons (Fsp3) is 0.600. The van der Waals surface area contributed by atoms with Crippen molar-refractivity contribution in [2.24, 2.45) is 0 Å². The minimum Gasteiger partial charge on any atom is -1.00 e. The number of hydrogen-bond acceptors (Lipinski definition) is 6. The van der Waals surface area contributed by atoms with Crippen LogP contribution in [0.25, 0.3) is 0 Å². The number of carboxylic acids is 4. The fourth-order valence-corrected chi connectivity index (χ4v) is 1.48. The Bertz CT molecular complexity index is 327. The summed E-state index contributed by atoms with van der Waals surface area (Å²) in [6, 6.07) is 0. The molecule has 0 rings (SSSR count). The first-order valence-corrected chi connectivity index (χ1v) is 5.52. The van der Waals surface area contributed by atoms with E-state index in [2.05, 4.69) is 0 Å². The van der Waals surface area contributed by atoms with Crippen molar-refractivity contribution >= 4 is 23.9 Å². The van der Waals surface area contributed by atoms with Crippen molar-refractivity contribution < 1.29 is 108 Å². The Hall–Kier alpha value is -0.0836. The summed E-state index contributed by atoms with van der Waals surface area (Å²) in [6.45, 7) is -2.25. The van der Waals surface area contributed by atoms with Gasteiger partial charge in [-0.1, -0.05) is 0 Å². The van der Waals surface area contributed by atoms with Gasteiger partial charge in [-0.05, 0) is 0 Å². The van der Waals surface area contributed by atoms with Crippen LogP contribution in [0.4, 0.5) is 0 Å². The van der Waals surface area contributed by atoms with E-state index in [0.29, 0.717) is 0 Å². The third-order valence-corrected chi connectivity index (χ3v) is 2.17. The van der Waals surface area contributed by atoms with Crippen LogP contribution in [-0.2, 0) is 19.2 Å². The second kappa shape index (κ2) is 14.5. The largest absolute Gasteiger partial charge is 1.00 e. The molecule has 0 aromatic heterocycles. The van der Waals surface area contributed by atoms with Gasteiger partial charge in [0, 0.05) is 13.1 Å². The van der Waals surface area contributed by atoms with Crippen LogP contribution in [0.1, 0.15) is 0 Å². The van der Waals surface area contributed by atoms with Crippen LogP contribution in [0.2, 0.25) is 0 Å². The van der Waals surface area contributed by atoms with E-state index in [1.54, 1.807) is 0 Å². The van der Waals surface area contributed by atoms with Crippen molar-refractivity contribution in [3.63, 3.8) is 0 Å². The third kappa shape index (κ3) is 16.3. The van der Waals surface area contributed by atoms with Crippen LogP contribution in [0, 0.1) is 0 Å². The van der Waals surface area contributed by atoms with Gasteiger partial charge >= 0.3 is 75.3 Å². The number of rotatable bonds is 11. The molecule has 0 saturated carbocycles. The molecule has 0 aliphatic rings. The second-order valence-corrected chi connectivity index (χ2v) is 4.00. The zero-order valence-electron chi connectivity index (χ0n) is 11.9. The predicted molar refractivity (Wildman–Crippen MR) is 63.4 cm³/mol. The molecule has 4 N–H and O–H groups in total. The molecule has 0 aliphatic heterocycles. The number of nitrogens with zero attached hydrogens (tertiary/aromatic N) is 2. The maximum atomic E-state index is 10.6. The molecule has 0 spiro atoms.